The second-order valence-corrected chi connectivity index (χ2v) is 9.07. The van der Waals surface area contributed by atoms with Gasteiger partial charge in [0.05, 0.1) is 11.5 Å². The molecule has 1 fully saturated rings. The molecular formula is C23H32ClNO5. The molecule has 2 rings (SSSR count). The fourth-order valence-corrected chi connectivity index (χ4v) is 4.19. The van der Waals surface area contributed by atoms with Crippen molar-refractivity contribution in [3.05, 3.63) is 46.5 Å². The molecule has 1 aliphatic heterocycles. The van der Waals surface area contributed by atoms with Gasteiger partial charge in [-0.1, -0.05) is 49.1 Å². The van der Waals surface area contributed by atoms with Crippen LogP contribution in [0.25, 0.3) is 0 Å². The van der Waals surface area contributed by atoms with E-state index in [1.165, 1.54) is 0 Å². The number of hydrogen-bond acceptors (Lipinski definition) is 4. The molecule has 1 aromatic rings. The Labute approximate surface area is 183 Å². The summed E-state index contributed by atoms with van der Waals surface area (Å²) in [6.45, 7) is 4.53. The first-order valence-electron chi connectivity index (χ1n) is 10.4. The van der Waals surface area contributed by atoms with E-state index in [1.54, 1.807) is 13.8 Å². The van der Waals surface area contributed by atoms with Crippen LogP contribution in [0, 0.1) is 5.41 Å². The maximum atomic E-state index is 11.3. The van der Waals surface area contributed by atoms with Crippen molar-refractivity contribution < 1.29 is 24.9 Å². The average Bonchev–Trinajstić information content (AvgIpc) is 2.67. The SMILES string of the molecule is CC(C)(CCCCCC(c1ccccc1Cl)N1CCC(O)C(=CC(=O)O)C1)C(=O)O. The molecule has 0 amide bonds. The molecule has 1 saturated heterocycles. The molecule has 0 aliphatic carbocycles. The minimum Gasteiger partial charge on any atom is -0.481 e. The van der Waals surface area contributed by atoms with Crippen LogP contribution < -0.4 is 0 Å². The first-order valence-corrected chi connectivity index (χ1v) is 10.8. The third-order valence-corrected chi connectivity index (χ3v) is 6.22. The first kappa shape index (κ1) is 24.4. The van der Waals surface area contributed by atoms with Gasteiger partial charge in [0.1, 0.15) is 0 Å². The normalized spacial score (nSPS) is 20.3. The average molecular weight is 438 g/mol. The van der Waals surface area contributed by atoms with Crippen molar-refractivity contribution >= 4 is 23.5 Å². The van der Waals surface area contributed by atoms with E-state index in [9.17, 15) is 19.8 Å². The number of aliphatic hydroxyl groups excluding tert-OH is 1. The van der Waals surface area contributed by atoms with E-state index in [0.717, 1.165) is 37.3 Å². The largest absolute Gasteiger partial charge is 0.481 e. The monoisotopic (exact) mass is 437 g/mol. The van der Waals surface area contributed by atoms with Crippen molar-refractivity contribution in [1.82, 2.24) is 4.90 Å². The molecule has 1 heterocycles. The van der Waals surface area contributed by atoms with Crippen molar-refractivity contribution in [1.29, 1.82) is 0 Å². The maximum absolute atomic E-state index is 11.3. The molecule has 2 unspecified atom stereocenters. The molecular weight excluding hydrogens is 406 g/mol. The zero-order chi connectivity index (χ0) is 22.3. The van der Waals surface area contributed by atoms with Gasteiger partial charge in [-0.3, -0.25) is 9.69 Å². The molecule has 0 saturated carbocycles. The van der Waals surface area contributed by atoms with Crippen LogP contribution in [0.15, 0.2) is 35.9 Å². The van der Waals surface area contributed by atoms with Crippen LogP contribution in [0.4, 0.5) is 0 Å². The smallest absolute Gasteiger partial charge is 0.328 e. The van der Waals surface area contributed by atoms with Crippen molar-refractivity contribution in [2.75, 3.05) is 13.1 Å². The van der Waals surface area contributed by atoms with E-state index < -0.39 is 23.5 Å². The fraction of sp³-hybridized carbons (Fsp3) is 0.565. The summed E-state index contributed by atoms with van der Waals surface area (Å²) in [5, 5.41) is 29.2. The number of unbranched alkanes of at least 4 members (excludes halogenated alkanes) is 2. The molecule has 3 N–H and O–H groups in total. The van der Waals surface area contributed by atoms with Crippen LogP contribution in [0.3, 0.4) is 0 Å². The van der Waals surface area contributed by atoms with Crippen LogP contribution in [0.2, 0.25) is 5.02 Å². The molecule has 2 atom stereocenters. The van der Waals surface area contributed by atoms with E-state index in [2.05, 4.69) is 4.90 Å². The van der Waals surface area contributed by atoms with Gasteiger partial charge in [-0.25, -0.2) is 4.79 Å². The Kier molecular flexibility index (Phi) is 8.89. The standard InChI is InChI=1S/C23H32ClNO5/c1-23(2,22(29)30)12-7-3-4-10-19(17-8-5-6-9-18(17)24)25-13-11-20(26)16(15-25)14-21(27)28/h5-6,8-9,14,19-20,26H,3-4,7,10-13,15H2,1-2H3,(H,27,28)(H,29,30). The summed E-state index contributed by atoms with van der Waals surface area (Å²) in [6.07, 6.45) is 4.95. The maximum Gasteiger partial charge on any atom is 0.328 e. The number of likely N-dealkylation sites (tertiary alicyclic amines) is 1. The van der Waals surface area contributed by atoms with Gasteiger partial charge in [-0.2, -0.15) is 0 Å². The summed E-state index contributed by atoms with van der Waals surface area (Å²) >= 11 is 6.47. The zero-order valence-electron chi connectivity index (χ0n) is 17.7. The molecule has 6 nitrogen and oxygen atoms in total. The van der Waals surface area contributed by atoms with Crippen molar-refractivity contribution in [2.24, 2.45) is 5.41 Å². The number of carboxylic acids is 2. The number of benzene rings is 1. The molecule has 166 valence electrons. The summed E-state index contributed by atoms with van der Waals surface area (Å²) < 4.78 is 0. The lowest BCUT2D eigenvalue weighted by Gasteiger charge is -2.38. The van der Waals surface area contributed by atoms with Crippen LogP contribution in [-0.2, 0) is 9.59 Å². The van der Waals surface area contributed by atoms with E-state index in [4.69, 9.17) is 16.7 Å². The van der Waals surface area contributed by atoms with Crippen LogP contribution in [-0.4, -0.2) is 51.4 Å². The summed E-state index contributed by atoms with van der Waals surface area (Å²) in [5.41, 5.74) is 0.784. The van der Waals surface area contributed by atoms with Gasteiger partial charge >= 0.3 is 11.9 Å². The number of hydrogen-bond donors (Lipinski definition) is 3. The predicted molar refractivity (Wildman–Crippen MR) is 117 cm³/mol. The number of halogens is 1. The zero-order valence-corrected chi connectivity index (χ0v) is 18.4. The fourth-order valence-electron chi connectivity index (χ4n) is 3.93. The Morgan fingerprint density at radius 1 is 1.23 bits per heavy atom. The lowest BCUT2D eigenvalue weighted by Crippen LogP contribution is -2.40. The summed E-state index contributed by atoms with van der Waals surface area (Å²) in [7, 11) is 0. The Morgan fingerprint density at radius 2 is 1.93 bits per heavy atom. The third kappa shape index (κ3) is 6.83. The number of piperidine rings is 1. The highest BCUT2D eigenvalue weighted by Crippen LogP contribution is 2.35. The Hall–Kier alpha value is -1.89. The molecule has 0 radical (unpaired) electrons. The van der Waals surface area contributed by atoms with Gasteiger partial charge in [0.25, 0.3) is 0 Å². The van der Waals surface area contributed by atoms with Crippen molar-refractivity contribution in [2.45, 2.75) is 64.5 Å². The third-order valence-electron chi connectivity index (χ3n) is 5.88. The van der Waals surface area contributed by atoms with E-state index in [1.807, 2.05) is 24.3 Å². The number of carbonyl (C=O) groups is 2. The summed E-state index contributed by atoms with van der Waals surface area (Å²) in [5.74, 6) is -1.83. The van der Waals surface area contributed by atoms with Gasteiger partial charge < -0.3 is 15.3 Å². The summed E-state index contributed by atoms with van der Waals surface area (Å²) in [6, 6.07) is 7.68. The topological polar surface area (TPSA) is 98.1 Å². The second-order valence-electron chi connectivity index (χ2n) is 8.66. The summed E-state index contributed by atoms with van der Waals surface area (Å²) in [4.78, 5) is 24.6. The Morgan fingerprint density at radius 3 is 2.57 bits per heavy atom. The highest BCUT2D eigenvalue weighted by Gasteiger charge is 2.30. The van der Waals surface area contributed by atoms with Gasteiger partial charge in [0.15, 0.2) is 0 Å². The van der Waals surface area contributed by atoms with Crippen molar-refractivity contribution in [3.63, 3.8) is 0 Å². The second kappa shape index (κ2) is 10.9. The first-order chi connectivity index (χ1) is 14.1. The number of nitrogens with zero attached hydrogens (tertiary/aromatic N) is 1. The molecule has 0 spiro atoms. The van der Waals surface area contributed by atoms with Gasteiger partial charge in [0.2, 0.25) is 0 Å². The minimum absolute atomic E-state index is 0.0101. The van der Waals surface area contributed by atoms with Crippen LogP contribution >= 0.6 is 11.6 Å². The van der Waals surface area contributed by atoms with Crippen LogP contribution in [0.5, 0.6) is 0 Å². The van der Waals surface area contributed by atoms with Gasteiger partial charge in [0, 0.05) is 30.2 Å². The lowest BCUT2D eigenvalue weighted by molar-refractivity contribution is -0.147. The lowest BCUT2D eigenvalue weighted by atomic mass is 9.86. The molecule has 0 bridgehead atoms. The molecule has 1 aliphatic rings. The number of aliphatic hydroxyl groups is 1. The molecule has 30 heavy (non-hydrogen) atoms. The van der Waals surface area contributed by atoms with Crippen molar-refractivity contribution in [3.8, 4) is 0 Å². The minimum atomic E-state index is -1.05. The number of carboxylic acid groups (broad SMARTS) is 2. The number of rotatable bonds is 10. The molecule has 1 aromatic carbocycles. The van der Waals surface area contributed by atoms with Gasteiger partial charge in [-0.05, 0) is 50.3 Å². The van der Waals surface area contributed by atoms with Gasteiger partial charge in [-0.15, -0.1) is 0 Å². The van der Waals surface area contributed by atoms with Crippen LogP contribution in [0.1, 0.15) is 64.0 Å². The predicted octanol–water partition coefficient (Wildman–Crippen LogP) is 4.52. The number of aliphatic carboxylic acids is 2. The highest BCUT2D eigenvalue weighted by molar-refractivity contribution is 6.31. The quantitative estimate of drug-likeness (QED) is 0.367. The molecule has 0 aromatic heterocycles. The highest BCUT2D eigenvalue weighted by atomic mass is 35.5. The molecule has 7 heteroatoms. The Balaban J connectivity index is 2.08. The van der Waals surface area contributed by atoms with E-state index in [0.29, 0.717) is 36.5 Å². The van der Waals surface area contributed by atoms with E-state index >= 15 is 0 Å². The Bertz CT molecular complexity index is 777. The van der Waals surface area contributed by atoms with E-state index in [-0.39, 0.29) is 6.04 Å².